The second-order valence-corrected chi connectivity index (χ2v) is 4.96. The smallest absolute Gasteiger partial charge is 0.433 e. The normalized spacial score (nSPS) is 10.5. The molecule has 1 rings (SSSR count). The predicted molar refractivity (Wildman–Crippen MR) is 82.4 cm³/mol. The highest BCUT2D eigenvalue weighted by atomic mass is 16.7. The van der Waals surface area contributed by atoms with Gasteiger partial charge in [0.1, 0.15) is 6.61 Å². The molecule has 0 aliphatic heterocycles. The predicted octanol–water partition coefficient (Wildman–Crippen LogP) is 3.57. The first-order valence-corrected chi connectivity index (χ1v) is 7.66. The number of hydroxylamine groups is 2. The van der Waals surface area contributed by atoms with E-state index in [2.05, 4.69) is 6.92 Å². The standard InChI is InChI=1S/C16H25NO5/c1-3-5-6-7-10-17(16(20)21-4-2)22-12-13-8-9-14(18)15(19)11-13/h8-9,11,18-19H,3-7,10,12H2,1-2H3. The van der Waals surface area contributed by atoms with Crippen molar-refractivity contribution in [2.75, 3.05) is 13.2 Å². The first-order valence-electron chi connectivity index (χ1n) is 7.66. The molecule has 22 heavy (non-hydrogen) atoms. The summed E-state index contributed by atoms with van der Waals surface area (Å²) < 4.78 is 4.96. The molecule has 6 nitrogen and oxygen atoms in total. The van der Waals surface area contributed by atoms with Crippen molar-refractivity contribution in [3.05, 3.63) is 23.8 Å². The summed E-state index contributed by atoms with van der Waals surface area (Å²) in [6.07, 6.45) is 3.58. The van der Waals surface area contributed by atoms with E-state index < -0.39 is 6.09 Å². The van der Waals surface area contributed by atoms with E-state index in [9.17, 15) is 15.0 Å². The van der Waals surface area contributed by atoms with Gasteiger partial charge in [0.15, 0.2) is 11.5 Å². The Labute approximate surface area is 131 Å². The lowest BCUT2D eigenvalue weighted by Crippen LogP contribution is -2.32. The van der Waals surface area contributed by atoms with Gasteiger partial charge in [0.25, 0.3) is 0 Å². The molecule has 124 valence electrons. The maximum Gasteiger partial charge on any atom is 0.433 e. The quantitative estimate of drug-likeness (QED) is 0.414. The highest BCUT2D eigenvalue weighted by Crippen LogP contribution is 2.25. The Morgan fingerprint density at radius 2 is 1.91 bits per heavy atom. The molecule has 0 unspecified atom stereocenters. The largest absolute Gasteiger partial charge is 0.504 e. The van der Waals surface area contributed by atoms with Crippen molar-refractivity contribution in [2.24, 2.45) is 0 Å². The van der Waals surface area contributed by atoms with Crippen LogP contribution in [0.2, 0.25) is 0 Å². The first kappa shape index (κ1) is 18.1. The van der Waals surface area contributed by atoms with Crippen LogP contribution in [-0.4, -0.2) is 34.5 Å². The first-order chi connectivity index (χ1) is 10.6. The zero-order valence-corrected chi connectivity index (χ0v) is 13.2. The van der Waals surface area contributed by atoms with Gasteiger partial charge in [-0.3, -0.25) is 4.84 Å². The monoisotopic (exact) mass is 311 g/mol. The van der Waals surface area contributed by atoms with Crippen LogP contribution in [0.5, 0.6) is 11.5 Å². The molecule has 6 heteroatoms. The van der Waals surface area contributed by atoms with Crippen LogP contribution in [0.15, 0.2) is 18.2 Å². The van der Waals surface area contributed by atoms with Crippen LogP contribution in [0.25, 0.3) is 0 Å². The maximum atomic E-state index is 11.8. The molecule has 0 fully saturated rings. The number of carbonyl (C=O) groups excluding carboxylic acids is 1. The van der Waals surface area contributed by atoms with Crippen molar-refractivity contribution in [1.82, 2.24) is 5.06 Å². The lowest BCUT2D eigenvalue weighted by molar-refractivity contribution is -0.146. The number of ether oxygens (including phenoxy) is 1. The minimum absolute atomic E-state index is 0.112. The molecule has 1 amide bonds. The van der Waals surface area contributed by atoms with Crippen LogP contribution in [-0.2, 0) is 16.2 Å². The summed E-state index contributed by atoms with van der Waals surface area (Å²) in [4.78, 5) is 17.3. The molecule has 0 aliphatic carbocycles. The molecule has 0 spiro atoms. The number of benzene rings is 1. The number of phenols is 2. The summed E-state index contributed by atoms with van der Waals surface area (Å²) in [6, 6.07) is 4.40. The molecule has 0 saturated heterocycles. The minimum Gasteiger partial charge on any atom is -0.504 e. The Kier molecular flexibility index (Phi) is 8.14. The third-order valence-electron chi connectivity index (χ3n) is 3.11. The summed E-state index contributed by atoms with van der Waals surface area (Å²) in [5.41, 5.74) is 0.651. The average molecular weight is 311 g/mol. The van der Waals surface area contributed by atoms with Crippen molar-refractivity contribution >= 4 is 6.09 Å². The van der Waals surface area contributed by atoms with E-state index in [4.69, 9.17) is 9.57 Å². The van der Waals surface area contributed by atoms with Crippen molar-refractivity contribution in [3.8, 4) is 11.5 Å². The number of phenolic OH excluding ortho intramolecular Hbond substituents is 2. The number of aromatic hydroxyl groups is 2. The van der Waals surface area contributed by atoms with Gasteiger partial charge in [-0.2, -0.15) is 5.06 Å². The number of unbranched alkanes of at least 4 members (excludes halogenated alkanes) is 3. The summed E-state index contributed by atoms with van der Waals surface area (Å²) in [5, 5.41) is 19.9. The van der Waals surface area contributed by atoms with Crippen LogP contribution < -0.4 is 0 Å². The Hall–Kier alpha value is -1.95. The average Bonchev–Trinajstić information content (AvgIpc) is 2.50. The van der Waals surface area contributed by atoms with Crippen LogP contribution in [0.3, 0.4) is 0 Å². The summed E-state index contributed by atoms with van der Waals surface area (Å²) >= 11 is 0. The van der Waals surface area contributed by atoms with Gasteiger partial charge in [-0.15, -0.1) is 0 Å². The van der Waals surface area contributed by atoms with E-state index in [0.717, 1.165) is 25.7 Å². The third-order valence-corrected chi connectivity index (χ3v) is 3.11. The van der Waals surface area contributed by atoms with E-state index in [1.807, 2.05) is 0 Å². The fraction of sp³-hybridized carbons (Fsp3) is 0.562. The second-order valence-electron chi connectivity index (χ2n) is 4.96. The lowest BCUT2D eigenvalue weighted by Gasteiger charge is -2.21. The van der Waals surface area contributed by atoms with Gasteiger partial charge in [-0.1, -0.05) is 32.3 Å². The van der Waals surface area contributed by atoms with Crippen molar-refractivity contribution in [1.29, 1.82) is 0 Å². The van der Waals surface area contributed by atoms with Gasteiger partial charge in [0.2, 0.25) is 0 Å². The molecule has 0 heterocycles. The Balaban J connectivity index is 2.54. The molecule has 0 bridgehead atoms. The lowest BCUT2D eigenvalue weighted by atomic mass is 10.2. The molecular formula is C16H25NO5. The van der Waals surface area contributed by atoms with Crippen LogP contribution in [0.1, 0.15) is 45.1 Å². The Morgan fingerprint density at radius 1 is 1.14 bits per heavy atom. The fourth-order valence-corrected chi connectivity index (χ4v) is 1.90. The van der Waals surface area contributed by atoms with Crippen molar-refractivity contribution < 1.29 is 24.6 Å². The van der Waals surface area contributed by atoms with Gasteiger partial charge in [0, 0.05) is 0 Å². The van der Waals surface area contributed by atoms with E-state index in [1.165, 1.54) is 17.2 Å². The highest BCUT2D eigenvalue weighted by molar-refractivity contribution is 5.66. The SMILES string of the molecule is CCCCCCN(OCc1ccc(O)c(O)c1)C(=O)OCC. The van der Waals surface area contributed by atoms with Gasteiger partial charge in [-0.25, -0.2) is 4.79 Å². The van der Waals surface area contributed by atoms with E-state index in [1.54, 1.807) is 13.0 Å². The van der Waals surface area contributed by atoms with Crippen LogP contribution in [0, 0.1) is 0 Å². The fourth-order valence-electron chi connectivity index (χ4n) is 1.90. The van der Waals surface area contributed by atoms with Gasteiger partial charge in [-0.05, 0) is 31.0 Å². The molecule has 0 saturated carbocycles. The van der Waals surface area contributed by atoms with Gasteiger partial charge < -0.3 is 14.9 Å². The summed E-state index contributed by atoms with van der Waals surface area (Å²) in [7, 11) is 0. The molecule has 2 N–H and O–H groups in total. The van der Waals surface area contributed by atoms with E-state index in [-0.39, 0.29) is 24.7 Å². The van der Waals surface area contributed by atoms with E-state index in [0.29, 0.717) is 12.1 Å². The Bertz CT molecular complexity index is 464. The number of hydrogen-bond donors (Lipinski definition) is 2. The molecule has 0 aromatic heterocycles. The van der Waals surface area contributed by atoms with Gasteiger partial charge in [0.05, 0.1) is 13.2 Å². The number of hydrogen-bond acceptors (Lipinski definition) is 5. The third kappa shape index (κ3) is 6.22. The molecule has 0 atom stereocenters. The van der Waals surface area contributed by atoms with Crippen molar-refractivity contribution in [2.45, 2.75) is 46.1 Å². The molecular weight excluding hydrogens is 286 g/mol. The van der Waals surface area contributed by atoms with E-state index >= 15 is 0 Å². The maximum absolute atomic E-state index is 11.8. The number of rotatable bonds is 9. The zero-order valence-electron chi connectivity index (χ0n) is 13.2. The molecule has 1 aromatic carbocycles. The number of carbonyl (C=O) groups is 1. The second kappa shape index (κ2) is 9.89. The minimum atomic E-state index is -0.512. The zero-order chi connectivity index (χ0) is 16.4. The Morgan fingerprint density at radius 3 is 2.55 bits per heavy atom. The summed E-state index contributed by atoms with van der Waals surface area (Å²) in [5.74, 6) is -0.405. The number of amides is 1. The highest BCUT2D eigenvalue weighted by Gasteiger charge is 2.15. The van der Waals surface area contributed by atoms with Gasteiger partial charge >= 0.3 is 6.09 Å². The topological polar surface area (TPSA) is 79.2 Å². The molecule has 0 aliphatic rings. The van der Waals surface area contributed by atoms with Crippen LogP contribution >= 0.6 is 0 Å². The van der Waals surface area contributed by atoms with Crippen LogP contribution in [0.4, 0.5) is 4.79 Å². The molecule has 1 aromatic rings. The number of nitrogens with zero attached hydrogens (tertiary/aromatic N) is 1. The van der Waals surface area contributed by atoms with Crippen molar-refractivity contribution in [3.63, 3.8) is 0 Å². The molecule has 0 radical (unpaired) electrons. The summed E-state index contributed by atoms with van der Waals surface area (Å²) in [6.45, 7) is 4.72.